The van der Waals surface area contributed by atoms with Gasteiger partial charge in [0.05, 0.1) is 12.2 Å². The number of ether oxygens (including phenoxy) is 2. The van der Waals surface area contributed by atoms with E-state index < -0.39 is 0 Å². The lowest BCUT2D eigenvalue weighted by molar-refractivity contribution is 0.108. The summed E-state index contributed by atoms with van der Waals surface area (Å²) >= 11 is 0. The Balaban J connectivity index is 2.75. The van der Waals surface area contributed by atoms with Gasteiger partial charge in [-0.3, -0.25) is 0 Å². The van der Waals surface area contributed by atoms with Gasteiger partial charge in [-0.05, 0) is 13.8 Å². The van der Waals surface area contributed by atoms with E-state index in [0.29, 0.717) is 25.7 Å². The van der Waals surface area contributed by atoms with Gasteiger partial charge in [0.2, 0.25) is 5.88 Å². The minimum Gasteiger partial charge on any atom is -0.475 e. The number of aromatic nitrogens is 2. The number of rotatable bonds is 7. The van der Waals surface area contributed by atoms with Crippen molar-refractivity contribution in [2.75, 3.05) is 32.2 Å². The molecule has 0 fully saturated rings. The smallest absolute Gasteiger partial charge is 0.221 e. The van der Waals surface area contributed by atoms with Gasteiger partial charge in [0.15, 0.2) is 0 Å². The Morgan fingerprint density at radius 2 is 1.94 bits per heavy atom. The monoisotopic (exact) mass is 239 g/mol. The molecule has 5 heteroatoms. The number of hydrogen-bond acceptors (Lipinski definition) is 5. The van der Waals surface area contributed by atoms with E-state index in [2.05, 4.69) is 15.3 Å². The Morgan fingerprint density at radius 1 is 1.18 bits per heavy atom. The van der Waals surface area contributed by atoms with E-state index in [0.717, 1.165) is 23.6 Å². The van der Waals surface area contributed by atoms with Crippen molar-refractivity contribution in [3.05, 3.63) is 11.4 Å². The molecule has 0 bridgehead atoms. The van der Waals surface area contributed by atoms with Gasteiger partial charge in [0, 0.05) is 20.1 Å². The number of anilines is 1. The fourth-order valence-electron chi connectivity index (χ4n) is 1.42. The van der Waals surface area contributed by atoms with Crippen LogP contribution in [-0.2, 0) is 11.2 Å². The molecule has 0 atom stereocenters. The predicted molar refractivity (Wildman–Crippen MR) is 67.7 cm³/mol. The molecule has 1 N–H and O–H groups in total. The topological polar surface area (TPSA) is 56.3 Å². The van der Waals surface area contributed by atoms with Crippen LogP contribution in [0.25, 0.3) is 0 Å². The molecular weight excluding hydrogens is 218 g/mol. The van der Waals surface area contributed by atoms with Gasteiger partial charge in [-0.25, -0.2) is 4.98 Å². The van der Waals surface area contributed by atoms with Crippen LogP contribution < -0.4 is 10.1 Å². The average Bonchev–Trinajstić information content (AvgIpc) is 2.36. The summed E-state index contributed by atoms with van der Waals surface area (Å²) in [6.07, 6.45) is 0.788. The second kappa shape index (κ2) is 7.06. The van der Waals surface area contributed by atoms with Crippen LogP contribution in [0, 0.1) is 6.92 Å². The van der Waals surface area contributed by atoms with Gasteiger partial charge in [0.1, 0.15) is 18.2 Å². The standard InChI is InChI=1S/C12H21N3O2/c1-5-10-14-11(13-4)9(3)12(15-10)17-8-7-16-6-2/h5-8H2,1-4H3,(H,13,14,15). The zero-order valence-corrected chi connectivity index (χ0v) is 11.0. The molecule has 0 radical (unpaired) electrons. The first-order chi connectivity index (χ1) is 8.22. The molecule has 0 aliphatic carbocycles. The van der Waals surface area contributed by atoms with Crippen LogP contribution in [0.5, 0.6) is 5.88 Å². The molecule has 1 aromatic rings. The van der Waals surface area contributed by atoms with Crippen LogP contribution >= 0.6 is 0 Å². The fourth-order valence-corrected chi connectivity index (χ4v) is 1.42. The summed E-state index contributed by atoms with van der Waals surface area (Å²) in [5.41, 5.74) is 0.932. The third kappa shape index (κ3) is 3.85. The Kier molecular flexibility index (Phi) is 5.69. The van der Waals surface area contributed by atoms with Crippen LogP contribution in [0.2, 0.25) is 0 Å². The molecule has 0 amide bonds. The van der Waals surface area contributed by atoms with Crippen molar-refractivity contribution in [1.82, 2.24) is 9.97 Å². The molecule has 0 aromatic carbocycles. The average molecular weight is 239 g/mol. The molecule has 0 saturated carbocycles. The fraction of sp³-hybridized carbons (Fsp3) is 0.667. The maximum atomic E-state index is 5.61. The van der Waals surface area contributed by atoms with E-state index in [-0.39, 0.29) is 0 Å². The van der Waals surface area contributed by atoms with Crippen molar-refractivity contribution in [2.24, 2.45) is 0 Å². The highest BCUT2D eigenvalue weighted by molar-refractivity contribution is 5.48. The van der Waals surface area contributed by atoms with E-state index in [9.17, 15) is 0 Å². The molecule has 1 aromatic heterocycles. The van der Waals surface area contributed by atoms with Gasteiger partial charge in [0.25, 0.3) is 0 Å². The first-order valence-electron chi connectivity index (χ1n) is 5.98. The zero-order valence-electron chi connectivity index (χ0n) is 11.0. The molecule has 0 aliphatic rings. The van der Waals surface area contributed by atoms with E-state index in [1.807, 2.05) is 27.8 Å². The van der Waals surface area contributed by atoms with Crippen molar-refractivity contribution < 1.29 is 9.47 Å². The van der Waals surface area contributed by atoms with Crippen LogP contribution in [-0.4, -0.2) is 36.8 Å². The molecule has 96 valence electrons. The van der Waals surface area contributed by atoms with Crippen LogP contribution in [0.15, 0.2) is 0 Å². The maximum Gasteiger partial charge on any atom is 0.221 e. The third-order valence-corrected chi connectivity index (χ3v) is 2.37. The summed E-state index contributed by atoms with van der Waals surface area (Å²) in [5, 5.41) is 3.05. The van der Waals surface area contributed by atoms with Crippen molar-refractivity contribution in [2.45, 2.75) is 27.2 Å². The maximum absolute atomic E-state index is 5.61. The van der Waals surface area contributed by atoms with Crippen LogP contribution in [0.4, 0.5) is 5.82 Å². The molecule has 5 nitrogen and oxygen atoms in total. The van der Waals surface area contributed by atoms with Crippen molar-refractivity contribution in [1.29, 1.82) is 0 Å². The molecule has 1 heterocycles. The van der Waals surface area contributed by atoms with Gasteiger partial charge >= 0.3 is 0 Å². The second-order valence-corrected chi connectivity index (χ2v) is 3.57. The lowest BCUT2D eigenvalue weighted by atomic mass is 10.3. The summed E-state index contributed by atoms with van der Waals surface area (Å²) in [6.45, 7) is 7.72. The summed E-state index contributed by atoms with van der Waals surface area (Å²) in [6, 6.07) is 0. The molecule has 0 unspecified atom stereocenters. The van der Waals surface area contributed by atoms with E-state index >= 15 is 0 Å². The summed E-state index contributed by atoms with van der Waals surface area (Å²) in [5.74, 6) is 2.25. The van der Waals surface area contributed by atoms with Gasteiger partial charge in [-0.1, -0.05) is 6.92 Å². The van der Waals surface area contributed by atoms with Gasteiger partial charge in [-0.2, -0.15) is 4.98 Å². The number of aryl methyl sites for hydroxylation is 1. The largest absolute Gasteiger partial charge is 0.475 e. The molecule has 0 aliphatic heterocycles. The Bertz CT molecular complexity index is 356. The lowest BCUT2D eigenvalue weighted by Crippen LogP contribution is -2.11. The first-order valence-corrected chi connectivity index (χ1v) is 5.98. The van der Waals surface area contributed by atoms with Gasteiger partial charge in [-0.15, -0.1) is 0 Å². The molecule has 17 heavy (non-hydrogen) atoms. The van der Waals surface area contributed by atoms with Crippen molar-refractivity contribution >= 4 is 5.82 Å². The number of hydrogen-bond donors (Lipinski definition) is 1. The second-order valence-electron chi connectivity index (χ2n) is 3.57. The minimum absolute atomic E-state index is 0.512. The first kappa shape index (κ1) is 13.7. The molecule has 0 saturated heterocycles. The highest BCUT2D eigenvalue weighted by Gasteiger charge is 2.10. The van der Waals surface area contributed by atoms with Crippen molar-refractivity contribution in [3.63, 3.8) is 0 Å². The number of nitrogens with one attached hydrogen (secondary N) is 1. The Morgan fingerprint density at radius 3 is 2.53 bits per heavy atom. The predicted octanol–water partition coefficient (Wildman–Crippen LogP) is 1.80. The lowest BCUT2D eigenvalue weighted by Gasteiger charge is -2.12. The SMILES string of the molecule is CCOCCOc1nc(CC)nc(NC)c1C. The van der Waals surface area contributed by atoms with Crippen molar-refractivity contribution in [3.8, 4) is 5.88 Å². The normalized spacial score (nSPS) is 10.4. The van der Waals surface area contributed by atoms with E-state index in [1.54, 1.807) is 0 Å². The highest BCUT2D eigenvalue weighted by Crippen LogP contribution is 2.21. The van der Waals surface area contributed by atoms with Gasteiger partial charge < -0.3 is 14.8 Å². The zero-order chi connectivity index (χ0) is 12.7. The Labute approximate surface area is 103 Å². The minimum atomic E-state index is 0.512. The van der Waals surface area contributed by atoms with Crippen LogP contribution in [0.1, 0.15) is 25.2 Å². The quantitative estimate of drug-likeness (QED) is 0.735. The molecule has 0 spiro atoms. The summed E-state index contributed by atoms with van der Waals surface area (Å²) < 4.78 is 10.8. The summed E-state index contributed by atoms with van der Waals surface area (Å²) in [7, 11) is 1.85. The molecule has 1 rings (SSSR count). The third-order valence-electron chi connectivity index (χ3n) is 2.37. The Hall–Kier alpha value is -1.36. The highest BCUT2D eigenvalue weighted by atomic mass is 16.5. The van der Waals surface area contributed by atoms with E-state index in [1.165, 1.54) is 0 Å². The number of nitrogens with zero attached hydrogens (tertiary/aromatic N) is 2. The van der Waals surface area contributed by atoms with Crippen LogP contribution in [0.3, 0.4) is 0 Å². The van der Waals surface area contributed by atoms with E-state index in [4.69, 9.17) is 9.47 Å². The summed E-state index contributed by atoms with van der Waals surface area (Å²) in [4.78, 5) is 8.75. The molecular formula is C12H21N3O2.